The van der Waals surface area contributed by atoms with Gasteiger partial charge in [-0.2, -0.15) is 4.31 Å². The van der Waals surface area contributed by atoms with Gasteiger partial charge in [0, 0.05) is 18.7 Å². The van der Waals surface area contributed by atoms with Gasteiger partial charge in [-0.05, 0) is 80.6 Å². The summed E-state index contributed by atoms with van der Waals surface area (Å²) in [4.78, 5) is 14.9. The van der Waals surface area contributed by atoms with Gasteiger partial charge < -0.3 is 4.74 Å². The Kier molecular flexibility index (Phi) is 7.30. The Labute approximate surface area is 195 Å². The molecule has 1 saturated heterocycles. The number of amides is 1. The molecule has 1 heterocycles. The van der Waals surface area contributed by atoms with Crippen LogP contribution in [0.25, 0.3) is 0 Å². The average molecular weight is 496 g/mol. The second-order valence-electron chi connectivity index (χ2n) is 8.06. The molecule has 1 aliphatic heterocycles. The lowest BCUT2D eigenvalue weighted by Crippen LogP contribution is -2.42. The first-order valence-electron chi connectivity index (χ1n) is 10.4. The van der Waals surface area contributed by atoms with Gasteiger partial charge >= 0.3 is 0 Å². The largest absolute Gasteiger partial charge is 0.379 e. The summed E-state index contributed by atoms with van der Waals surface area (Å²) < 4.78 is 58.2. The summed E-state index contributed by atoms with van der Waals surface area (Å²) in [5.41, 5.74) is 6.18. The molecule has 0 bridgehead atoms. The third kappa shape index (κ3) is 4.97. The molecule has 3 rings (SSSR count). The number of nitrogens with zero attached hydrogens (tertiary/aromatic N) is 1. The highest BCUT2D eigenvalue weighted by Gasteiger charge is 2.28. The van der Waals surface area contributed by atoms with Crippen molar-refractivity contribution in [2.24, 2.45) is 0 Å². The molecule has 0 atom stereocenters. The highest BCUT2D eigenvalue weighted by atomic mass is 32.2. The number of hydrogen-bond acceptors (Lipinski definition) is 6. The van der Waals surface area contributed by atoms with Crippen LogP contribution in [0.5, 0.6) is 0 Å². The number of carbonyl (C=O) groups is 1. The minimum atomic E-state index is -4.06. The Morgan fingerprint density at radius 2 is 1.42 bits per heavy atom. The van der Waals surface area contributed by atoms with Crippen LogP contribution in [0.3, 0.4) is 0 Å². The van der Waals surface area contributed by atoms with Crippen LogP contribution in [0.2, 0.25) is 0 Å². The lowest BCUT2D eigenvalue weighted by atomic mass is 9.95. The van der Waals surface area contributed by atoms with Crippen molar-refractivity contribution in [1.82, 2.24) is 14.6 Å². The van der Waals surface area contributed by atoms with Gasteiger partial charge in [-0.25, -0.2) is 16.8 Å². The van der Waals surface area contributed by atoms with Crippen molar-refractivity contribution in [2.75, 3.05) is 26.3 Å². The van der Waals surface area contributed by atoms with E-state index in [0.29, 0.717) is 24.3 Å². The van der Waals surface area contributed by atoms with Gasteiger partial charge in [-0.15, -0.1) is 4.83 Å². The summed E-state index contributed by atoms with van der Waals surface area (Å²) in [5.74, 6) is -0.770. The third-order valence-electron chi connectivity index (χ3n) is 6.20. The molecule has 0 unspecified atom stereocenters. The summed E-state index contributed by atoms with van der Waals surface area (Å²) in [5, 5.41) is 0. The number of carbonyl (C=O) groups excluding carboxylic acids is 1. The van der Waals surface area contributed by atoms with Crippen molar-refractivity contribution < 1.29 is 26.4 Å². The minimum Gasteiger partial charge on any atom is -0.379 e. The molecular formula is C22H29N3O6S2. The Hall–Kier alpha value is -2.31. The zero-order chi connectivity index (χ0) is 24.6. The van der Waals surface area contributed by atoms with Crippen molar-refractivity contribution in [3.63, 3.8) is 0 Å². The van der Waals surface area contributed by atoms with Crippen LogP contribution in [-0.4, -0.2) is 53.4 Å². The van der Waals surface area contributed by atoms with Gasteiger partial charge in [0.15, 0.2) is 0 Å². The molecule has 0 radical (unpaired) electrons. The predicted octanol–water partition coefficient (Wildman–Crippen LogP) is 1.87. The van der Waals surface area contributed by atoms with Crippen LogP contribution in [0.1, 0.15) is 38.2 Å². The van der Waals surface area contributed by atoms with E-state index in [9.17, 15) is 21.6 Å². The van der Waals surface area contributed by atoms with E-state index in [2.05, 4.69) is 10.3 Å². The van der Waals surface area contributed by atoms with Crippen LogP contribution >= 0.6 is 0 Å². The average Bonchev–Trinajstić information content (AvgIpc) is 2.80. The first-order valence-corrected chi connectivity index (χ1v) is 13.4. The second kappa shape index (κ2) is 9.51. The van der Waals surface area contributed by atoms with Gasteiger partial charge in [0.25, 0.3) is 15.9 Å². The minimum absolute atomic E-state index is 0.0109. The number of sulfonamides is 2. The van der Waals surface area contributed by atoms with Crippen LogP contribution in [0.4, 0.5) is 0 Å². The molecule has 9 nitrogen and oxygen atoms in total. The van der Waals surface area contributed by atoms with Gasteiger partial charge in [0.05, 0.1) is 23.0 Å². The number of ether oxygens (including phenoxy) is 1. The second-order valence-corrected chi connectivity index (χ2v) is 11.6. The molecule has 2 aromatic carbocycles. The molecule has 2 N–H and O–H groups in total. The maximum atomic E-state index is 13.0. The maximum absolute atomic E-state index is 13.0. The highest BCUT2D eigenvalue weighted by molar-refractivity contribution is 7.89. The van der Waals surface area contributed by atoms with E-state index in [1.807, 2.05) is 20.8 Å². The lowest BCUT2D eigenvalue weighted by molar-refractivity contribution is 0.0730. The molecule has 2 aromatic rings. The normalized spacial score (nSPS) is 15.4. The van der Waals surface area contributed by atoms with Crippen LogP contribution in [-0.2, 0) is 24.8 Å². The number of benzene rings is 2. The smallest absolute Gasteiger partial charge is 0.266 e. The lowest BCUT2D eigenvalue weighted by Gasteiger charge is -2.26. The topological polar surface area (TPSA) is 122 Å². The first kappa shape index (κ1) is 25.3. The number of morpholine rings is 1. The molecule has 1 aliphatic rings. The monoisotopic (exact) mass is 495 g/mol. The SMILES string of the molecule is Cc1c(C)c(C)c(S(=O)(=O)NNC(=O)c2cccc(S(=O)(=O)N3CCOCC3)c2)c(C)c1C. The summed E-state index contributed by atoms with van der Waals surface area (Å²) in [6.45, 7) is 10.2. The summed E-state index contributed by atoms with van der Waals surface area (Å²) in [6.07, 6.45) is 0. The molecule has 0 saturated carbocycles. The van der Waals surface area contributed by atoms with Gasteiger partial charge in [-0.3, -0.25) is 10.2 Å². The summed E-state index contributed by atoms with van der Waals surface area (Å²) in [7, 11) is -7.86. The number of hydrogen-bond donors (Lipinski definition) is 2. The standard InChI is InChI=1S/C22H29N3O6S2/c1-14-15(2)17(4)21(18(5)16(14)3)32(27,28)24-23-22(26)19-7-6-8-20(13-19)33(29,30)25-9-11-31-12-10-25/h6-8,13,24H,9-12H2,1-5H3,(H,23,26). The molecule has 33 heavy (non-hydrogen) atoms. The fourth-order valence-electron chi connectivity index (χ4n) is 3.84. The van der Waals surface area contributed by atoms with Crippen molar-refractivity contribution in [2.45, 2.75) is 44.4 Å². The van der Waals surface area contributed by atoms with E-state index < -0.39 is 26.0 Å². The Morgan fingerprint density at radius 1 is 0.879 bits per heavy atom. The van der Waals surface area contributed by atoms with Gasteiger partial charge in [0.1, 0.15) is 0 Å². The van der Waals surface area contributed by atoms with E-state index >= 15 is 0 Å². The van der Waals surface area contributed by atoms with Gasteiger partial charge in [0.2, 0.25) is 10.0 Å². The number of nitrogens with one attached hydrogen (secondary N) is 2. The molecule has 0 aliphatic carbocycles. The maximum Gasteiger partial charge on any atom is 0.266 e. The van der Waals surface area contributed by atoms with E-state index in [4.69, 9.17) is 4.74 Å². The fourth-order valence-corrected chi connectivity index (χ4v) is 6.74. The van der Waals surface area contributed by atoms with Crippen LogP contribution in [0.15, 0.2) is 34.1 Å². The molecule has 180 valence electrons. The third-order valence-corrected chi connectivity index (χ3v) is 9.62. The number of rotatable bonds is 6. The zero-order valence-corrected chi connectivity index (χ0v) is 21.0. The van der Waals surface area contributed by atoms with E-state index in [0.717, 1.165) is 16.7 Å². The molecule has 0 spiro atoms. The molecule has 1 amide bonds. The summed E-state index contributed by atoms with van der Waals surface area (Å²) in [6, 6.07) is 5.48. The van der Waals surface area contributed by atoms with Crippen molar-refractivity contribution in [3.8, 4) is 0 Å². The van der Waals surface area contributed by atoms with Crippen molar-refractivity contribution >= 4 is 26.0 Å². The first-order chi connectivity index (χ1) is 15.4. The van der Waals surface area contributed by atoms with E-state index in [-0.39, 0.29) is 28.4 Å². The molecular weight excluding hydrogens is 466 g/mol. The Morgan fingerprint density at radius 3 is 2.00 bits per heavy atom. The van der Waals surface area contributed by atoms with Crippen LogP contribution in [0, 0.1) is 34.6 Å². The Bertz CT molecular complexity index is 1270. The Balaban J connectivity index is 1.83. The van der Waals surface area contributed by atoms with Gasteiger partial charge in [-0.1, -0.05) is 6.07 Å². The quantitative estimate of drug-likeness (QED) is 0.590. The predicted molar refractivity (Wildman–Crippen MR) is 124 cm³/mol. The highest BCUT2D eigenvalue weighted by Crippen LogP contribution is 2.29. The zero-order valence-electron chi connectivity index (χ0n) is 19.4. The fraction of sp³-hybridized carbons (Fsp3) is 0.409. The van der Waals surface area contributed by atoms with Crippen molar-refractivity contribution in [1.29, 1.82) is 0 Å². The van der Waals surface area contributed by atoms with Crippen molar-refractivity contribution in [3.05, 3.63) is 57.6 Å². The molecule has 11 heteroatoms. The molecule has 0 aromatic heterocycles. The van der Waals surface area contributed by atoms with Crippen LogP contribution < -0.4 is 10.3 Å². The summed E-state index contributed by atoms with van der Waals surface area (Å²) >= 11 is 0. The van der Waals surface area contributed by atoms with E-state index in [1.54, 1.807) is 13.8 Å². The van der Waals surface area contributed by atoms with E-state index in [1.165, 1.54) is 28.6 Å². The molecule has 1 fully saturated rings. The number of hydrazine groups is 1.